The van der Waals surface area contributed by atoms with Crippen LogP contribution in [0.1, 0.15) is 35.8 Å². The number of carbonyl (C=O) groups excluding carboxylic acids is 1. The first-order chi connectivity index (χ1) is 11.5. The van der Waals surface area contributed by atoms with E-state index in [0.29, 0.717) is 17.8 Å². The first-order valence-electron chi connectivity index (χ1n) is 8.05. The normalized spacial score (nSPS) is 20.1. The lowest BCUT2D eigenvalue weighted by Gasteiger charge is -2.42. The van der Waals surface area contributed by atoms with E-state index in [9.17, 15) is 9.59 Å². The second-order valence-electron chi connectivity index (χ2n) is 6.15. The summed E-state index contributed by atoms with van der Waals surface area (Å²) in [6.07, 6.45) is 4.83. The second kappa shape index (κ2) is 6.56. The molecule has 0 spiro atoms. The van der Waals surface area contributed by atoms with Crippen LogP contribution >= 0.6 is 0 Å². The summed E-state index contributed by atoms with van der Waals surface area (Å²) >= 11 is 0. The molecule has 1 amide bonds. The van der Waals surface area contributed by atoms with Gasteiger partial charge in [-0.15, -0.1) is 0 Å². The molecule has 1 aliphatic carbocycles. The molecule has 0 aliphatic heterocycles. The Morgan fingerprint density at radius 3 is 2.88 bits per heavy atom. The Bertz CT molecular complexity index is 766. The summed E-state index contributed by atoms with van der Waals surface area (Å²) < 4.78 is 1.58. The number of aromatic nitrogens is 3. The maximum atomic E-state index is 12.4. The number of carbonyl (C=O) groups is 2. The van der Waals surface area contributed by atoms with Crippen molar-refractivity contribution in [3.05, 3.63) is 29.7 Å². The van der Waals surface area contributed by atoms with Crippen molar-refractivity contribution in [2.45, 2.75) is 38.8 Å². The van der Waals surface area contributed by atoms with Crippen LogP contribution in [0.25, 0.3) is 5.65 Å². The third-order valence-corrected chi connectivity index (χ3v) is 4.46. The molecule has 1 saturated carbocycles. The van der Waals surface area contributed by atoms with Gasteiger partial charge in [0.25, 0.3) is 5.91 Å². The molecule has 128 valence electrons. The van der Waals surface area contributed by atoms with E-state index in [4.69, 9.17) is 5.11 Å². The van der Waals surface area contributed by atoms with Crippen molar-refractivity contribution >= 4 is 17.5 Å². The van der Waals surface area contributed by atoms with E-state index in [2.05, 4.69) is 15.4 Å². The minimum absolute atomic E-state index is 0.0408. The number of hydrogen-bond donors (Lipinski definition) is 2. The number of likely N-dealkylation sites (N-methyl/N-ethyl adjacent to an activating group) is 1. The molecule has 2 aromatic rings. The van der Waals surface area contributed by atoms with Crippen LogP contribution in [0.4, 0.5) is 0 Å². The van der Waals surface area contributed by atoms with E-state index in [1.807, 2.05) is 24.8 Å². The topological polar surface area (TPSA) is 99.8 Å². The average molecular weight is 331 g/mol. The SMILES string of the molecule is CCN(CC(=O)O)C1CC(NC(=O)c2cnn3ccc(C)nc23)C1. The number of fused-ring (bicyclic) bond motifs is 1. The lowest BCUT2D eigenvalue weighted by molar-refractivity contribution is -0.139. The molecule has 8 heteroatoms. The fraction of sp³-hybridized carbons (Fsp3) is 0.500. The summed E-state index contributed by atoms with van der Waals surface area (Å²) in [5, 5.41) is 16.0. The van der Waals surface area contributed by atoms with Crippen LogP contribution < -0.4 is 5.32 Å². The monoisotopic (exact) mass is 331 g/mol. The first-order valence-corrected chi connectivity index (χ1v) is 8.05. The number of carboxylic acid groups (broad SMARTS) is 1. The fourth-order valence-electron chi connectivity index (χ4n) is 3.06. The average Bonchev–Trinajstić information content (AvgIpc) is 2.91. The Morgan fingerprint density at radius 2 is 2.21 bits per heavy atom. The van der Waals surface area contributed by atoms with E-state index in [-0.39, 0.29) is 24.5 Å². The highest BCUT2D eigenvalue weighted by Gasteiger charge is 2.35. The molecular weight excluding hydrogens is 310 g/mol. The molecule has 0 saturated heterocycles. The van der Waals surface area contributed by atoms with Crippen molar-refractivity contribution in [1.82, 2.24) is 24.8 Å². The lowest BCUT2D eigenvalue weighted by atomic mass is 9.85. The molecule has 0 unspecified atom stereocenters. The van der Waals surface area contributed by atoms with Crippen LogP contribution in [0, 0.1) is 6.92 Å². The van der Waals surface area contributed by atoms with Crippen molar-refractivity contribution in [2.75, 3.05) is 13.1 Å². The van der Waals surface area contributed by atoms with Gasteiger partial charge in [0.05, 0.1) is 12.7 Å². The minimum atomic E-state index is -0.822. The van der Waals surface area contributed by atoms with E-state index < -0.39 is 5.97 Å². The molecule has 1 fully saturated rings. The van der Waals surface area contributed by atoms with Crippen LogP contribution in [-0.4, -0.2) is 61.7 Å². The maximum absolute atomic E-state index is 12.4. The van der Waals surface area contributed by atoms with Crippen LogP contribution in [0.5, 0.6) is 0 Å². The first kappa shape index (κ1) is 16.4. The molecule has 0 atom stereocenters. The Hall–Kier alpha value is -2.48. The molecule has 8 nitrogen and oxygen atoms in total. The van der Waals surface area contributed by atoms with Gasteiger partial charge in [0.1, 0.15) is 5.56 Å². The van der Waals surface area contributed by atoms with E-state index in [1.54, 1.807) is 10.7 Å². The molecular formula is C16H21N5O3. The summed E-state index contributed by atoms with van der Waals surface area (Å²) in [5.41, 5.74) is 1.83. The standard InChI is InChI=1S/C16H21N5O3/c1-3-20(9-14(22)23)12-6-11(7-12)19-16(24)13-8-17-21-5-4-10(2)18-15(13)21/h4-5,8,11-12H,3,6-7,9H2,1-2H3,(H,19,24)(H,22,23). The van der Waals surface area contributed by atoms with Crippen molar-refractivity contribution in [3.8, 4) is 0 Å². The lowest BCUT2D eigenvalue weighted by Crippen LogP contribution is -2.54. The number of nitrogens with zero attached hydrogens (tertiary/aromatic N) is 4. The summed E-state index contributed by atoms with van der Waals surface area (Å²) in [5.74, 6) is -1.01. The Kier molecular flexibility index (Phi) is 4.48. The Labute approximate surface area is 139 Å². The summed E-state index contributed by atoms with van der Waals surface area (Å²) in [6.45, 7) is 4.54. The highest BCUT2D eigenvalue weighted by Crippen LogP contribution is 2.26. The van der Waals surface area contributed by atoms with Crippen molar-refractivity contribution in [3.63, 3.8) is 0 Å². The molecule has 1 aliphatic rings. The molecule has 24 heavy (non-hydrogen) atoms. The molecule has 3 rings (SSSR count). The number of aryl methyl sites for hydroxylation is 1. The molecule has 0 bridgehead atoms. The largest absolute Gasteiger partial charge is 0.480 e. The van der Waals surface area contributed by atoms with Gasteiger partial charge in [-0.1, -0.05) is 6.92 Å². The van der Waals surface area contributed by atoms with Gasteiger partial charge < -0.3 is 10.4 Å². The van der Waals surface area contributed by atoms with Gasteiger partial charge >= 0.3 is 5.97 Å². The molecule has 2 N–H and O–H groups in total. The number of hydrogen-bond acceptors (Lipinski definition) is 5. The van der Waals surface area contributed by atoms with Gasteiger partial charge in [-0.3, -0.25) is 14.5 Å². The number of rotatable bonds is 6. The Morgan fingerprint density at radius 1 is 1.46 bits per heavy atom. The van der Waals surface area contributed by atoms with Crippen LogP contribution in [0.2, 0.25) is 0 Å². The van der Waals surface area contributed by atoms with Gasteiger partial charge in [-0.05, 0) is 32.4 Å². The number of carboxylic acids is 1. The second-order valence-corrected chi connectivity index (χ2v) is 6.15. The quantitative estimate of drug-likeness (QED) is 0.808. The zero-order chi connectivity index (χ0) is 17.3. The fourth-order valence-corrected chi connectivity index (χ4v) is 3.06. The molecule has 2 aromatic heterocycles. The predicted octanol–water partition coefficient (Wildman–Crippen LogP) is 0.705. The van der Waals surface area contributed by atoms with Gasteiger partial charge in [0.2, 0.25) is 0 Å². The zero-order valence-corrected chi connectivity index (χ0v) is 13.8. The highest BCUT2D eigenvalue weighted by molar-refractivity contribution is 5.99. The third kappa shape index (κ3) is 3.23. The van der Waals surface area contributed by atoms with Crippen molar-refractivity contribution < 1.29 is 14.7 Å². The van der Waals surface area contributed by atoms with Crippen LogP contribution in [-0.2, 0) is 4.79 Å². The van der Waals surface area contributed by atoms with E-state index in [0.717, 1.165) is 18.5 Å². The van der Waals surface area contributed by atoms with Gasteiger partial charge in [0, 0.05) is 24.0 Å². The maximum Gasteiger partial charge on any atom is 0.317 e. The van der Waals surface area contributed by atoms with Gasteiger partial charge in [0.15, 0.2) is 5.65 Å². The smallest absolute Gasteiger partial charge is 0.317 e. The molecule has 2 heterocycles. The zero-order valence-electron chi connectivity index (χ0n) is 13.8. The van der Waals surface area contributed by atoms with Crippen molar-refractivity contribution in [2.24, 2.45) is 0 Å². The predicted molar refractivity (Wildman–Crippen MR) is 86.9 cm³/mol. The van der Waals surface area contributed by atoms with Crippen molar-refractivity contribution in [1.29, 1.82) is 0 Å². The number of aliphatic carboxylic acids is 1. The minimum Gasteiger partial charge on any atom is -0.480 e. The van der Waals surface area contributed by atoms with Crippen LogP contribution in [0.15, 0.2) is 18.5 Å². The summed E-state index contributed by atoms with van der Waals surface area (Å²) in [4.78, 5) is 29.6. The van der Waals surface area contributed by atoms with Gasteiger partial charge in [-0.2, -0.15) is 5.10 Å². The summed E-state index contributed by atoms with van der Waals surface area (Å²) in [6, 6.07) is 2.10. The third-order valence-electron chi connectivity index (χ3n) is 4.46. The van der Waals surface area contributed by atoms with Gasteiger partial charge in [-0.25, -0.2) is 9.50 Å². The molecule has 0 aromatic carbocycles. The Balaban J connectivity index is 1.60. The number of amides is 1. The summed E-state index contributed by atoms with van der Waals surface area (Å²) in [7, 11) is 0. The molecule has 0 radical (unpaired) electrons. The van der Waals surface area contributed by atoms with Crippen LogP contribution in [0.3, 0.4) is 0 Å². The highest BCUT2D eigenvalue weighted by atomic mass is 16.4. The van der Waals surface area contributed by atoms with E-state index in [1.165, 1.54) is 6.20 Å². The number of nitrogens with one attached hydrogen (secondary N) is 1. The van der Waals surface area contributed by atoms with E-state index >= 15 is 0 Å².